The van der Waals surface area contributed by atoms with Gasteiger partial charge in [-0.25, -0.2) is 4.39 Å². The van der Waals surface area contributed by atoms with E-state index in [1.807, 2.05) is 4.90 Å². The summed E-state index contributed by atoms with van der Waals surface area (Å²) in [6.45, 7) is 0.125. The van der Waals surface area contributed by atoms with E-state index >= 15 is 0 Å². The first kappa shape index (κ1) is 26.4. The minimum Gasteiger partial charge on any atom is -0.486 e. The molecule has 0 bridgehead atoms. The molecule has 0 saturated carbocycles. The van der Waals surface area contributed by atoms with Crippen molar-refractivity contribution >= 4 is 40.7 Å². The number of halogens is 3. The summed E-state index contributed by atoms with van der Waals surface area (Å²) >= 11 is 13.2. The third-order valence-electron chi connectivity index (χ3n) is 7.32. The van der Waals surface area contributed by atoms with Crippen LogP contribution in [-0.4, -0.2) is 34.1 Å². The number of hydrogen-bond acceptors (Lipinski definition) is 5. The van der Waals surface area contributed by atoms with E-state index in [1.165, 1.54) is 6.07 Å². The number of ketones is 2. The Hall–Kier alpha value is -3.16. The third kappa shape index (κ3) is 4.97. The Morgan fingerprint density at radius 2 is 1.55 bits per heavy atom. The number of carboxylic acid groups (broad SMARTS) is 1. The molecule has 3 aliphatic rings. The van der Waals surface area contributed by atoms with E-state index < -0.39 is 17.7 Å². The minimum atomic E-state index is -0.940. The Morgan fingerprint density at radius 3 is 2.11 bits per heavy atom. The molecule has 0 amide bonds. The maximum absolute atomic E-state index is 14.1. The van der Waals surface area contributed by atoms with Crippen molar-refractivity contribution < 1.29 is 28.6 Å². The van der Waals surface area contributed by atoms with Crippen LogP contribution in [0, 0.1) is 5.82 Å². The van der Waals surface area contributed by atoms with E-state index in [0.29, 0.717) is 60.8 Å². The number of rotatable bonds is 7. The summed E-state index contributed by atoms with van der Waals surface area (Å²) in [7, 11) is 0. The highest BCUT2D eigenvalue weighted by Gasteiger charge is 2.43. The van der Waals surface area contributed by atoms with Gasteiger partial charge in [-0.1, -0.05) is 41.4 Å². The molecule has 1 N–H and O–H groups in total. The lowest BCUT2D eigenvalue weighted by molar-refractivity contribution is -0.137. The quantitative estimate of drug-likeness (QED) is 0.413. The molecule has 38 heavy (non-hydrogen) atoms. The van der Waals surface area contributed by atoms with Gasteiger partial charge >= 0.3 is 5.97 Å². The van der Waals surface area contributed by atoms with Crippen molar-refractivity contribution in [2.75, 3.05) is 6.54 Å². The van der Waals surface area contributed by atoms with Gasteiger partial charge in [0.1, 0.15) is 12.4 Å². The van der Waals surface area contributed by atoms with Crippen LogP contribution in [0.5, 0.6) is 5.75 Å². The van der Waals surface area contributed by atoms with Crippen LogP contribution >= 0.6 is 23.2 Å². The summed E-state index contributed by atoms with van der Waals surface area (Å²) in [6.07, 6.45) is 3.16. The topological polar surface area (TPSA) is 83.9 Å². The molecule has 0 unspecified atom stereocenters. The summed E-state index contributed by atoms with van der Waals surface area (Å²) in [6, 6.07) is 9.55. The van der Waals surface area contributed by atoms with Crippen molar-refractivity contribution in [2.24, 2.45) is 0 Å². The number of Topliss-reactive ketones (excluding diaryl/α,β-unsaturated/α-hetero) is 2. The van der Waals surface area contributed by atoms with E-state index in [0.717, 1.165) is 11.4 Å². The number of carbonyl (C=O) groups is 3. The Labute approximate surface area is 229 Å². The van der Waals surface area contributed by atoms with E-state index in [9.17, 15) is 23.9 Å². The standard InChI is InChI=1S/C29H26Cl2FNO5/c30-18-13-17(14-19(31)29(18)38-15-16-5-1-2-6-20(16)32)26-27-21(7-3-9-23(27)34)33(12-11-25(36)37)22-8-4-10-24(35)28(22)26/h1-2,5-6,13-14,26H,3-4,7-12,15H2,(H,36,37). The van der Waals surface area contributed by atoms with Crippen molar-refractivity contribution in [2.45, 2.75) is 57.5 Å². The van der Waals surface area contributed by atoms with Crippen LogP contribution in [0.2, 0.25) is 10.0 Å². The number of allylic oxidation sites excluding steroid dienone is 4. The fraction of sp³-hybridized carbons (Fsp3) is 0.345. The Bertz CT molecular complexity index is 1330. The molecular formula is C29H26Cl2FNO5. The highest BCUT2D eigenvalue weighted by Crippen LogP contribution is 2.50. The van der Waals surface area contributed by atoms with Gasteiger partial charge in [-0.05, 0) is 49.4 Å². The van der Waals surface area contributed by atoms with Crippen LogP contribution in [0.3, 0.4) is 0 Å². The first-order chi connectivity index (χ1) is 18.3. The summed E-state index contributed by atoms with van der Waals surface area (Å²) in [4.78, 5) is 40.0. The van der Waals surface area contributed by atoms with Gasteiger partial charge < -0.3 is 14.7 Å². The molecule has 1 aliphatic heterocycles. The third-order valence-corrected chi connectivity index (χ3v) is 7.88. The highest BCUT2D eigenvalue weighted by atomic mass is 35.5. The minimum absolute atomic E-state index is 0.0615. The number of hydrogen-bond donors (Lipinski definition) is 1. The molecule has 0 aromatic heterocycles. The van der Waals surface area contributed by atoms with Gasteiger partial charge in [-0.15, -0.1) is 0 Å². The second kappa shape index (κ2) is 10.9. The lowest BCUT2D eigenvalue weighted by Gasteiger charge is -2.44. The van der Waals surface area contributed by atoms with Crippen molar-refractivity contribution in [1.82, 2.24) is 4.90 Å². The molecule has 5 rings (SSSR count). The zero-order chi connectivity index (χ0) is 27.0. The summed E-state index contributed by atoms with van der Waals surface area (Å²) < 4.78 is 19.8. The second-order valence-electron chi connectivity index (χ2n) is 9.70. The van der Waals surface area contributed by atoms with E-state index in [-0.39, 0.29) is 46.9 Å². The van der Waals surface area contributed by atoms with Crippen LogP contribution in [0.1, 0.15) is 62.0 Å². The number of nitrogens with zero attached hydrogens (tertiary/aromatic N) is 1. The van der Waals surface area contributed by atoms with Crippen molar-refractivity contribution in [3.63, 3.8) is 0 Å². The van der Waals surface area contributed by atoms with Gasteiger partial charge in [0.25, 0.3) is 0 Å². The second-order valence-corrected chi connectivity index (χ2v) is 10.5. The van der Waals surface area contributed by atoms with Crippen LogP contribution in [0.15, 0.2) is 58.9 Å². The van der Waals surface area contributed by atoms with Crippen LogP contribution in [0.4, 0.5) is 4.39 Å². The predicted molar refractivity (Wildman–Crippen MR) is 141 cm³/mol. The predicted octanol–water partition coefficient (Wildman–Crippen LogP) is 6.60. The lowest BCUT2D eigenvalue weighted by atomic mass is 9.71. The average Bonchev–Trinajstić information content (AvgIpc) is 2.87. The maximum Gasteiger partial charge on any atom is 0.305 e. The molecule has 0 atom stereocenters. The molecular weight excluding hydrogens is 532 g/mol. The Kier molecular flexibility index (Phi) is 7.59. The van der Waals surface area contributed by atoms with Gasteiger partial charge in [-0.3, -0.25) is 14.4 Å². The SMILES string of the molecule is O=C(O)CCN1C2=C(C(=O)CCC2)C(c2cc(Cl)c(OCc3ccccc3F)c(Cl)c2)C2=C1CCCC2=O. The molecule has 6 nitrogen and oxygen atoms in total. The van der Waals surface area contributed by atoms with Gasteiger partial charge in [-0.2, -0.15) is 0 Å². The average molecular weight is 558 g/mol. The fourth-order valence-electron chi connectivity index (χ4n) is 5.68. The summed E-state index contributed by atoms with van der Waals surface area (Å²) in [5.74, 6) is -1.92. The van der Waals surface area contributed by atoms with Gasteiger partial charge in [0.15, 0.2) is 17.3 Å². The summed E-state index contributed by atoms with van der Waals surface area (Å²) in [5.41, 5.74) is 3.55. The van der Waals surface area contributed by atoms with Gasteiger partial charge in [0.2, 0.25) is 0 Å². The van der Waals surface area contributed by atoms with Gasteiger partial charge in [0.05, 0.1) is 16.5 Å². The van der Waals surface area contributed by atoms with Crippen molar-refractivity contribution in [3.8, 4) is 5.75 Å². The molecule has 198 valence electrons. The highest BCUT2D eigenvalue weighted by molar-refractivity contribution is 6.37. The zero-order valence-corrected chi connectivity index (χ0v) is 22.1. The number of carbonyl (C=O) groups excluding carboxylic acids is 2. The molecule has 0 spiro atoms. The first-order valence-corrected chi connectivity index (χ1v) is 13.4. The molecule has 0 saturated heterocycles. The molecule has 0 fully saturated rings. The largest absolute Gasteiger partial charge is 0.486 e. The van der Waals surface area contributed by atoms with E-state index in [1.54, 1.807) is 30.3 Å². The van der Waals surface area contributed by atoms with Crippen molar-refractivity contribution in [3.05, 3.63) is 85.9 Å². The monoisotopic (exact) mass is 557 g/mol. The normalized spacial score (nSPS) is 18.0. The maximum atomic E-state index is 14.1. The summed E-state index contributed by atoms with van der Waals surface area (Å²) in [5, 5.41) is 9.71. The van der Waals surface area contributed by atoms with Crippen LogP contribution in [0.25, 0.3) is 0 Å². The Morgan fingerprint density at radius 1 is 0.974 bits per heavy atom. The van der Waals surface area contributed by atoms with Crippen LogP contribution < -0.4 is 4.74 Å². The fourth-order valence-corrected chi connectivity index (χ4v) is 6.29. The number of ether oxygens (including phenoxy) is 1. The zero-order valence-electron chi connectivity index (χ0n) is 20.6. The first-order valence-electron chi connectivity index (χ1n) is 12.6. The van der Waals surface area contributed by atoms with E-state index in [2.05, 4.69) is 0 Å². The number of benzene rings is 2. The van der Waals surface area contributed by atoms with Crippen LogP contribution in [-0.2, 0) is 21.0 Å². The Balaban J connectivity index is 1.57. The number of carboxylic acids is 1. The molecule has 1 heterocycles. The molecule has 2 aromatic rings. The number of aliphatic carboxylic acids is 1. The lowest BCUT2D eigenvalue weighted by Crippen LogP contribution is -2.39. The molecule has 2 aromatic carbocycles. The van der Waals surface area contributed by atoms with Gasteiger partial charge in [0, 0.05) is 53.4 Å². The molecule has 9 heteroatoms. The van der Waals surface area contributed by atoms with E-state index in [4.69, 9.17) is 27.9 Å². The molecule has 2 aliphatic carbocycles. The smallest absolute Gasteiger partial charge is 0.305 e. The van der Waals surface area contributed by atoms with Crippen molar-refractivity contribution in [1.29, 1.82) is 0 Å². The molecule has 0 radical (unpaired) electrons.